The van der Waals surface area contributed by atoms with Gasteiger partial charge in [-0.1, -0.05) is 19.3 Å². The summed E-state index contributed by atoms with van der Waals surface area (Å²) in [7, 11) is 0. The molecular formula is C12H18N2O2. The molecule has 0 saturated heterocycles. The summed E-state index contributed by atoms with van der Waals surface area (Å²) < 4.78 is 1.80. The maximum Gasteiger partial charge on any atom is 0.326 e. The molecule has 4 heteroatoms. The Kier molecular flexibility index (Phi) is 3.27. The molecule has 1 N–H and O–H groups in total. The first-order valence-corrected chi connectivity index (χ1v) is 5.94. The highest BCUT2D eigenvalue weighted by molar-refractivity contribution is 5.71. The van der Waals surface area contributed by atoms with Gasteiger partial charge in [-0.2, -0.15) is 0 Å². The molecule has 1 unspecified atom stereocenters. The second-order valence-electron chi connectivity index (χ2n) is 4.57. The molecule has 1 aromatic heterocycles. The molecule has 1 atom stereocenters. The molecule has 1 saturated carbocycles. The van der Waals surface area contributed by atoms with Gasteiger partial charge in [-0.15, -0.1) is 0 Å². The Morgan fingerprint density at radius 3 is 2.81 bits per heavy atom. The molecule has 1 aliphatic carbocycles. The molecule has 2 rings (SSSR count). The van der Waals surface area contributed by atoms with Crippen LogP contribution in [-0.2, 0) is 4.79 Å². The van der Waals surface area contributed by atoms with Crippen molar-refractivity contribution in [3.8, 4) is 0 Å². The van der Waals surface area contributed by atoms with Gasteiger partial charge < -0.3 is 9.67 Å². The molecule has 0 spiro atoms. The number of carboxylic acids is 1. The van der Waals surface area contributed by atoms with Crippen molar-refractivity contribution in [2.75, 3.05) is 0 Å². The van der Waals surface area contributed by atoms with E-state index in [0.717, 1.165) is 18.5 Å². The maximum atomic E-state index is 11.0. The first kappa shape index (κ1) is 11.2. The van der Waals surface area contributed by atoms with Crippen molar-refractivity contribution < 1.29 is 9.90 Å². The number of hydrogen-bond donors (Lipinski definition) is 1. The van der Waals surface area contributed by atoms with Crippen LogP contribution in [0.2, 0.25) is 0 Å². The van der Waals surface area contributed by atoms with Gasteiger partial charge in [0.1, 0.15) is 6.04 Å². The number of imidazole rings is 1. The van der Waals surface area contributed by atoms with Crippen molar-refractivity contribution in [1.29, 1.82) is 0 Å². The number of carboxylic acid groups (broad SMARTS) is 1. The van der Waals surface area contributed by atoms with Crippen LogP contribution < -0.4 is 0 Å². The summed E-state index contributed by atoms with van der Waals surface area (Å²) in [6, 6.07) is -0.514. The second-order valence-corrected chi connectivity index (χ2v) is 4.57. The van der Waals surface area contributed by atoms with Crippen LogP contribution in [0.3, 0.4) is 0 Å². The second kappa shape index (κ2) is 4.68. The quantitative estimate of drug-likeness (QED) is 0.855. The van der Waals surface area contributed by atoms with Gasteiger partial charge >= 0.3 is 5.97 Å². The Morgan fingerprint density at radius 2 is 2.19 bits per heavy atom. The molecule has 1 aromatic rings. The number of hydrogen-bond acceptors (Lipinski definition) is 2. The van der Waals surface area contributed by atoms with Crippen molar-refractivity contribution in [2.24, 2.45) is 0 Å². The predicted molar refractivity (Wildman–Crippen MR) is 60.4 cm³/mol. The first-order chi connectivity index (χ1) is 7.70. The highest BCUT2D eigenvalue weighted by Crippen LogP contribution is 2.33. The van der Waals surface area contributed by atoms with Gasteiger partial charge in [-0.05, 0) is 19.8 Å². The maximum absolute atomic E-state index is 11.0. The van der Waals surface area contributed by atoms with Crippen molar-refractivity contribution >= 4 is 5.97 Å². The Hall–Kier alpha value is -1.32. The molecule has 0 aliphatic heterocycles. The summed E-state index contributed by atoms with van der Waals surface area (Å²) in [5, 5.41) is 9.03. The topological polar surface area (TPSA) is 55.1 Å². The van der Waals surface area contributed by atoms with Crippen LogP contribution in [0.1, 0.15) is 56.7 Å². The van der Waals surface area contributed by atoms with Crippen molar-refractivity contribution in [3.63, 3.8) is 0 Å². The molecule has 4 nitrogen and oxygen atoms in total. The van der Waals surface area contributed by atoms with E-state index in [-0.39, 0.29) is 0 Å². The van der Waals surface area contributed by atoms with Gasteiger partial charge in [0.25, 0.3) is 0 Å². The molecule has 0 amide bonds. The molecule has 1 aliphatic rings. The van der Waals surface area contributed by atoms with Crippen LogP contribution in [0.4, 0.5) is 0 Å². The third kappa shape index (κ3) is 2.10. The monoisotopic (exact) mass is 222 g/mol. The van der Waals surface area contributed by atoms with Gasteiger partial charge in [0.15, 0.2) is 0 Å². The zero-order valence-corrected chi connectivity index (χ0v) is 9.59. The third-order valence-corrected chi connectivity index (χ3v) is 3.49. The summed E-state index contributed by atoms with van der Waals surface area (Å²) in [4.78, 5) is 15.1. The van der Waals surface area contributed by atoms with E-state index >= 15 is 0 Å². The van der Waals surface area contributed by atoms with Crippen LogP contribution in [-0.4, -0.2) is 20.6 Å². The minimum atomic E-state index is -0.796. The summed E-state index contributed by atoms with van der Waals surface area (Å²) in [5.41, 5.74) is 1.09. The summed E-state index contributed by atoms with van der Waals surface area (Å²) in [6.07, 6.45) is 9.60. The normalized spacial score (nSPS) is 19.6. The van der Waals surface area contributed by atoms with Crippen molar-refractivity contribution in [1.82, 2.24) is 9.55 Å². The zero-order valence-electron chi connectivity index (χ0n) is 9.59. The van der Waals surface area contributed by atoms with Crippen molar-refractivity contribution in [3.05, 3.63) is 18.2 Å². The van der Waals surface area contributed by atoms with E-state index in [1.165, 1.54) is 19.3 Å². The average Bonchev–Trinajstić information content (AvgIpc) is 2.77. The Balaban J connectivity index is 2.20. The smallest absolute Gasteiger partial charge is 0.326 e. The number of aromatic nitrogens is 2. The molecule has 1 heterocycles. The average molecular weight is 222 g/mol. The highest BCUT2D eigenvalue weighted by atomic mass is 16.4. The van der Waals surface area contributed by atoms with E-state index in [4.69, 9.17) is 5.11 Å². The summed E-state index contributed by atoms with van der Waals surface area (Å²) in [5.74, 6) is -0.298. The molecule has 0 bridgehead atoms. The van der Waals surface area contributed by atoms with Gasteiger partial charge in [-0.25, -0.2) is 9.78 Å². The largest absolute Gasteiger partial charge is 0.480 e. The molecular weight excluding hydrogens is 204 g/mol. The lowest BCUT2D eigenvalue weighted by atomic mass is 9.87. The fourth-order valence-corrected chi connectivity index (χ4v) is 2.47. The van der Waals surface area contributed by atoms with Gasteiger partial charge in [-0.3, -0.25) is 0 Å². The van der Waals surface area contributed by atoms with E-state index in [9.17, 15) is 4.79 Å². The summed E-state index contributed by atoms with van der Waals surface area (Å²) >= 11 is 0. The minimum Gasteiger partial charge on any atom is -0.480 e. The van der Waals surface area contributed by atoms with Crippen LogP contribution in [0, 0.1) is 0 Å². The zero-order chi connectivity index (χ0) is 11.5. The Labute approximate surface area is 95.3 Å². The minimum absolute atomic E-state index is 0.498. The number of carbonyl (C=O) groups is 1. The van der Waals surface area contributed by atoms with Gasteiger partial charge in [0.05, 0.1) is 6.33 Å². The highest BCUT2D eigenvalue weighted by Gasteiger charge is 2.23. The Bertz CT molecular complexity index is 367. The lowest BCUT2D eigenvalue weighted by Gasteiger charge is -2.24. The first-order valence-electron chi connectivity index (χ1n) is 5.94. The fourth-order valence-electron chi connectivity index (χ4n) is 2.47. The van der Waals surface area contributed by atoms with Crippen LogP contribution in [0.25, 0.3) is 0 Å². The van der Waals surface area contributed by atoms with Crippen LogP contribution >= 0.6 is 0 Å². The third-order valence-electron chi connectivity index (χ3n) is 3.49. The van der Waals surface area contributed by atoms with Crippen LogP contribution in [0.5, 0.6) is 0 Å². The molecule has 16 heavy (non-hydrogen) atoms. The number of nitrogens with zero attached hydrogens (tertiary/aromatic N) is 2. The van der Waals surface area contributed by atoms with E-state index in [0.29, 0.717) is 5.92 Å². The molecule has 88 valence electrons. The molecule has 0 aromatic carbocycles. The van der Waals surface area contributed by atoms with Crippen LogP contribution in [0.15, 0.2) is 12.5 Å². The summed E-state index contributed by atoms with van der Waals surface area (Å²) in [6.45, 7) is 1.70. The number of rotatable bonds is 3. The van der Waals surface area contributed by atoms with E-state index < -0.39 is 12.0 Å². The predicted octanol–water partition coefficient (Wildman–Crippen LogP) is 2.58. The molecule has 1 fully saturated rings. The number of aliphatic carboxylic acids is 1. The Morgan fingerprint density at radius 1 is 1.50 bits per heavy atom. The van der Waals surface area contributed by atoms with Gasteiger partial charge in [0, 0.05) is 17.8 Å². The molecule has 0 radical (unpaired) electrons. The lowest BCUT2D eigenvalue weighted by molar-refractivity contribution is -0.140. The van der Waals surface area contributed by atoms with Gasteiger partial charge in [0.2, 0.25) is 0 Å². The van der Waals surface area contributed by atoms with Crippen molar-refractivity contribution in [2.45, 2.75) is 51.0 Å². The van der Waals surface area contributed by atoms with E-state index in [1.54, 1.807) is 17.8 Å². The standard InChI is InChI=1S/C12H18N2O2/c1-9(12(15)16)14-8-13-7-11(14)10-5-3-2-4-6-10/h7-10H,2-6H2,1H3,(H,15,16). The lowest BCUT2D eigenvalue weighted by Crippen LogP contribution is -2.19. The SMILES string of the molecule is CC(C(=O)O)n1cncc1C1CCCCC1. The van der Waals surface area contributed by atoms with E-state index in [1.807, 2.05) is 6.20 Å². The fraction of sp³-hybridized carbons (Fsp3) is 0.667. The van der Waals surface area contributed by atoms with E-state index in [2.05, 4.69) is 4.98 Å².